The topological polar surface area (TPSA) is 93.7 Å². The lowest BCUT2D eigenvalue weighted by molar-refractivity contribution is 0.0963. The van der Waals surface area contributed by atoms with Gasteiger partial charge in [0.25, 0.3) is 15.9 Å². The van der Waals surface area contributed by atoms with E-state index in [1.165, 1.54) is 51.6 Å². The van der Waals surface area contributed by atoms with Gasteiger partial charge in [-0.15, -0.1) is 0 Å². The molecule has 2 aromatic rings. The van der Waals surface area contributed by atoms with Crippen molar-refractivity contribution in [3.8, 4) is 11.5 Å². The highest BCUT2D eigenvalue weighted by atomic mass is 79.9. The summed E-state index contributed by atoms with van der Waals surface area (Å²) in [4.78, 5) is 12.1. The van der Waals surface area contributed by atoms with Crippen LogP contribution in [0.15, 0.2) is 45.8 Å². The summed E-state index contributed by atoms with van der Waals surface area (Å²) in [5, 5.41) is 2.47. The third-order valence-electron chi connectivity index (χ3n) is 3.38. The summed E-state index contributed by atoms with van der Waals surface area (Å²) in [5.41, 5.74) is 0.296. The van der Waals surface area contributed by atoms with Crippen molar-refractivity contribution in [2.75, 3.05) is 26.0 Å². The molecule has 0 saturated heterocycles. The molecule has 0 unspecified atom stereocenters. The van der Waals surface area contributed by atoms with Gasteiger partial charge in [0.15, 0.2) is 0 Å². The summed E-state index contributed by atoms with van der Waals surface area (Å²) in [5.74, 6) is 0.510. The molecule has 0 saturated carbocycles. The Morgan fingerprint density at radius 2 is 1.80 bits per heavy atom. The molecule has 134 valence electrons. The quantitative estimate of drug-likeness (QED) is 0.737. The Hall–Kier alpha value is -2.26. The number of carbonyl (C=O) groups is 1. The number of hydrogen-bond donors (Lipinski definition) is 2. The van der Waals surface area contributed by atoms with E-state index in [1.54, 1.807) is 6.07 Å². The Balaban J connectivity index is 2.44. The van der Waals surface area contributed by atoms with Gasteiger partial charge in [-0.25, -0.2) is 8.42 Å². The molecule has 0 aliphatic carbocycles. The average molecular weight is 429 g/mol. The van der Waals surface area contributed by atoms with E-state index in [-0.39, 0.29) is 16.1 Å². The smallest absolute Gasteiger partial charge is 0.261 e. The molecule has 9 heteroatoms. The highest BCUT2D eigenvalue weighted by molar-refractivity contribution is 9.10. The second-order valence-corrected chi connectivity index (χ2v) is 7.43. The lowest BCUT2D eigenvalue weighted by atomic mass is 10.1. The van der Waals surface area contributed by atoms with Crippen molar-refractivity contribution < 1.29 is 22.7 Å². The molecule has 0 atom stereocenters. The number of ether oxygens (including phenoxy) is 2. The molecule has 0 fully saturated rings. The number of benzene rings is 2. The maximum atomic E-state index is 12.6. The molecule has 0 bridgehead atoms. The molecule has 0 aromatic heterocycles. The first-order valence-electron chi connectivity index (χ1n) is 7.09. The zero-order valence-electron chi connectivity index (χ0n) is 13.8. The predicted octanol–water partition coefficient (Wildman–Crippen LogP) is 2.63. The van der Waals surface area contributed by atoms with E-state index < -0.39 is 15.9 Å². The van der Waals surface area contributed by atoms with Crippen molar-refractivity contribution in [2.24, 2.45) is 0 Å². The van der Waals surface area contributed by atoms with Crippen LogP contribution in [0, 0.1) is 0 Å². The van der Waals surface area contributed by atoms with Gasteiger partial charge >= 0.3 is 0 Å². The van der Waals surface area contributed by atoms with Crippen LogP contribution in [0.1, 0.15) is 10.4 Å². The zero-order chi connectivity index (χ0) is 18.6. The van der Waals surface area contributed by atoms with Crippen LogP contribution >= 0.6 is 15.9 Å². The van der Waals surface area contributed by atoms with Gasteiger partial charge in [0.1, 0.15) is 11.5 Å². The van der Waals surface area contributed by atoms with E-state index in [9.17, 15) is 13.2 Å². The highest BCUT2D eigenvalue weighted by Gasteiger charge is 2.20. The summed E-state index contributed by atoms with van der Waals surface area (Å²) in [6.07, 6.45) is 0. The molecule has 1 amide bonds. The van der Waals surface area contributed by atoms with Crippen LogP contribution in [0.2, 0.25) is 0 Å². The fourth-order valence-corrected chi connectivity index (χ4v) is 3.88. The van der Waals surface area contributed by atoms with Crippen molar-refractivity contribution >= 4 is 37.5 Å². The van der Waals surface area contributed by atoms with Crippen LogP contribution in [0.3, 0.4) is 0 Å². The van der Waals surface area contributed by atoms with E-state index in [4.69, 9.17) is 9.47 Å². The second kappa shape index (κ2) is 7.75. The third-order valence-corrected chi connectivity index (χ3v) is 5.36. The molecule has 2 N–H and O–H groups in total. The predicted molar refractivity (Wildman–Crippen MR) is 97.9 cm³/mol. The first-order valence-corrected chi connectivity index (χ1v) is 9.36. The Kier molecular flexibility index (Phi) is 5.91. The SMILES string of the molecule is CNC(=O)c1cc(OC)ccc1NS(=O)(=O)c1ccc(OC)c(Br)c1. The third kappa shape index (κ3) is 4.23. The summed E-state index contributed by atoms with van der Waals surface area (Å²) < 4.78 is 38.4. The van der Waals surface area contributed by atoms with Crippen LogP contribution in [-0.2, 0) is 10.0 Å². The summed E-state index contributed by atoms with van der Waals surface area (Å²) in [6.45, 7) is 0. The lowest BCUT2D eigenvalue weighted by Crippen LogP contribution is -2.21. The Morgan fingerprint density at radius 1 is 1.08 bits per heavy atom. The fraction of sp³-hybridized carbons (Fsp3) is 0.188. The van der Waals surface area contributed by atoms with Crippen molar-refractivity contribution in [3.05, 3.63) is 46.4 Å². The summed E-state index contributed by atoms with van der Waals surface area (Å²) >= 11 is 3.26. The average Bonchev–Trinajstić information content (AvgIpc) is 2.61. The molecule has 25 heavy (non-hydrogen) atoms. The molecule has 0 radical (unpaired) electrons. The van der Waals surface area contributed by atoms with Gasteiger partial charge in [-0.1, -0.05) is 0 Å². The molecule has 0 aliphatic rings. The summed E-state index contributed by atoms with van der Waals surface area (Å²) in [7, 11) is 0.504. The number of methoxy groups -OCH3 is 2. The maximum absolute atomic E-state index is 12.6. The minimum atomic E-state index is -3.90. The van der Waals surface area contributed by atoms with Crippen molar-refractivity contribution in [3.63, 3.8) is 0 Å². The number of carbonyl (C=O) groups excluding carboxylic acids is 1. The molecule has 2 aromatic carbocycles. The van der Waals surface area contributed by atoms with Gasteiger partial charge in [-0.05, 0) is 52.3 Å². The number of amides is 1. The van der Waals surface area contributed by atoms with Gasteiger partial charge in [0.2, 0.25) is 0 Å². The van der Waals surface area contributed by atoms with E-state index in [0.717, 1.165) is 0 Å². The first kappa shape index (κ1) is 19.1. The van der Waals surface area contributed by atoms with Gasteiger partial charge < -0.3 is 14.8 Å². The minimum absolute atomic E-state index is 0.0267. The summed E-state index contributed by atoms with van der Waals surface area (Å²) in [6, 6.07) is 8.86. The van der Waals surface area contributed by atoms with E-state index in [1.807, 2.05) is 0 Å². The van der Waals surface area contributed by atoms with Gasteiger partial charge in [0, 0.05) is 7.05 Å². The molecule has 0 aliphatic heterocycles. The molecular formula is C16H17BrN2O5S. The Bertz CT molecular complexity index is 899. The number of halogens is 1. The normalized spacial score (nSPS) is 10.9. The van der Waals surface area contributed by atoms with Crippen molar-refractivity contribution in [1.82, 2.24) is 5.32 Å². The zero-order valence-corrected chi connectivity index (χ0v) is 16.2. The standard InChI is InChI=1S/C16H17BrN2O5S/c1-18-16(20)12-8-10(23-2)4-6-14(12)19-25(21,22)11-5-7-15(24-3)13(17)9-11/h4-9,19H,1-3H3,(H,18,20). The van der Waals surface area contributed by atoms with Gasteiger partial charge in [0.05, 0.1) is 34.8 Å². The van der Waals surface area contributed by atoms with E-state index in [0.29, 0.717) is 16.0 Å². The van der Waals surface area contributed by atoms with Crippen LogP contribution in [0.4, 0.5) is 5.69 Å². The highest BCUT2D eigenvalue weighted by Crippen LogP contribution is 2.29. The maximum Gasteiger partial charge on any atom is 0.261 e. The number of sulfonamides is 1. The van der Waals surface area contributed by atoms with Crippen molar-refractivity contribution in [1.29, 1.82) is 0 Å². The van der Waals surface area contributed by atoms with Crippen LogP contribution in [0.25, 0.3) is 0 Å². The van der Waals surface area contributed by atoms with Crippen molar-refractivity contribution in [2.45, 2.75) is 4.90 Å². The fourth-order valence-electron chi connectivity index (χ4n) is 2.08. The Morgan fingerprint density at radius 3 is 2.36 bits per heavy atom. The lowest BCUT2D eigenvalue weighted by Gasteiger charge is -2.14. The molecule has 0 spiro atoms. The number of anilines is 1. The number of hydrogen-bond acceptors (Lipinski definition) is 5. The monoisotopic (exact) mass is 428 g/mol. The van der Waals surface area contributed by atoms with Crippen LogP contribution in [0.5, 0.6) is 11.5 Å². The van der Waals surface area contributed by atoms with Gasteiger partial charge in [-0.2, -0.15) is 0 Å². The molecule has 7 nitrogen and oxygen atoms in total. The molecule has 2 rings (SSSR count). The molecule has 0 heterocycles. The number of rotatable bonds is 6. The first-order chi connectivity index (χ1) is 11.8. The second-order valence-electron chi connectivity index (χ2n) is 4.89. The Labute approximate surface area is 154 Å². The number of nitrogens with one attached hydrogen (secondary N) is 2. The van der Waals surface area contributed by atoms with E-state index in [2.05, 4.69) is 26.0 Å². The largest absolute Gasteiger partial charge is 0.497 e. The van der Waals surface area contributed by atoms with Crippen LogP contribution in [-0.4, -0.2) is 35.6 Å². The van der Waals surface area contributed by atoms with E-state index >= 15 is 0 Å². The van der Waals surface area contributed by atoms with Gasteiger partial charge in [-0.3, -0.25) is 9.52 Å². The van der Waals surface area contributed by atoms with Crippen LogP contribution < -0.4 is 19.5 Å². The minimum Gasteiger partial charge on any atom is -0.497 e. The molecular weight excluding hydrogens is 412 g/mol.